The lowest BCUT2D eigenvalue weighted by molar-refractivity contribution is 0.104. The van der Waals surface area contributed by atoms with Crippen LogP contribution in [0.4, 0.5) is 16.2 Å². The van der Waals surface area contributed by atoms with Gasteiger partial charge in [-0.1, -0.05) is 44.2 Å². The third-order valence-corrected chi connectivity index (χ3v) is 8.01. The summed E-state index contributed by atoms with van der Waals surface area (Å²) < 4.78 is 2.42. The van der Waals surface area contributed by atoms with E-state index < -0.39 is 0 Å². The van der Waals surface area contributed by atoms with Crippen LogP contribution in [0.1, 0.15) is 75.1 Å². The Morgan fingerprint density at radius 1 is 1.00 bits per heavy atom. The first kappa shape index (κ1) is 25.5. The average Bonchev–Trinajstić information content (AvgIpc) is 3.37. The fourth-order valence-electron chi connectivity index (χ4n) is 6.33. The number of carbonyl (C=O) groups is 1. The molecule has 7 nitrogen and oxygen atoms in total. The molecule has 2 bridgehead atoms. The number of rotatable bonds is 8. The highest BCUT2D eigenvalue weighted by Crippen LogP contribution is 2.42. The van der Waals surface area contributed by atoms with Gasteiger partial charge >= 0.3 is 6.03 Å². The molecule has 0 aliphatic carbocycles. The SMILES string of the molecule is Cc1cccc(NC(=O)N(CCCN2[C@@H]3CC[C@H]2CC(n2c(C)nnc2C(C)C)C3)c2ccccc2)c1. The number of carbonyl (C=O) groups excluding carboxylic acids is 1. The van der Waals surface area contributed by atoms with E-state index in [0.29, 0.717) is 30.6 Å². The van der Waals surface area contributed by atoms with Gasteiger partial charge < -0.3 is 9.88 Å². The molecular formula is C30H40N6O. The molecule has 1 N–H and O–H groups in total. The number of fused-ring (bicyclic) bond motifs is 2. The van der Waals surface area contributed by atoms with Crippen LogP contribution in [0.2, 0.25) is 0 Å². The number of urea groups is 1. The lowest BCUT2D eigenvalue weighted by atomic mass is 9.96. The van der Waals surface area contributed by atoms with Gasteiger partial charge in [-0.25, -0.2) is 4.79 Å². The zero-order chi connectivity index (χ0) is 25.9. The lowest BCUT2D eigenvalue weighted by Crippen LogP contribution is -2.45. The first-order valence-electron chi connectivity index (χ1n) is 13.8. The molecule has 3 atom stereocenters. The standard InChI is InChI=1S/C30H40N6O/c1-21(2)29-33-32-23(4)36(29)28-19-26-14-15-27(20-28)34(26)16-9-17-35(25-12-6-5-7-13-25)30(37)31-24-11-8-10-22(3)18-24/h5-8,10-13,18,21,26-28H,9,14-17,19-20H2,1-4H3,(H,31,37)/t26-,27+,28?. The second-order valence-electron chi connectivity index (χ2n) is 11.0. The molecule has 2 aliphatic heterocycles. The number of nitrogens with one attached hydrogen (secondary N) is 1. The monoisotopic (exact) mass is 500 g/mol. The molecule has 2 fully saturated rings. The fourth-order valence-corrected chi connectivity index (χ4v) is 6.33. The van der Waals surface area contributed by atoms with Crippen LogP contribution in [-0.2, 0) is 0 Å². The van der Waals surface area contributed by atoms with Gasteiger partial charge in [-0.2, -0.15) is 0 Å². The van der Waals surface area contributed by atoms with E-state index in [1.54, 1.807) is 0 Å². The number of hydrogen-bond acceptors (Lipinski definition) is 4. The number of nitrogens with zero attached hydrogens (tertiary/aromatic N) is 5. The molecule has 2 aromatic carbocycles. The minimum absolute atomic E-state index is 0.0808. The van der Waals surface area contributed by atoms with Crippen molar-refractivity contribution in [2.24, 2.45) is 0 Å². The van der Waals surface area contributed by atoms with Gasteiger partial charge in [0.2, 0.25) is 0 Å². The number of hydrogen-bond donors (Lipinski definition) is 1. The third-order valence-electron chi connectivity index (χ3n) is 8.01. The minimum atomic E-state index is -0.0808. The van der Waals surface area contributed by atoms with Crippen molar-refractivity contribution in [2.45, 2.75) is 83.8 Å². The van der Waals surface area contributed by atoms with Crippen molar-refractivity contribution in [3.63, 3.8) is 0 Å². The van der Waals surface area contributed by atoms with E-state index in [-0.39, 0.29) is 6.03 Å². The Morgan fingerprint density at radius 2 is 1.73 bits per heavy atom. The normalized spacial score (nSPS) is 21.4. The van der Waals surface area contributed by atoms with E-state index in [9.17, 15) is 4.79 Å². The fraction of sp³-hybridized carbons (Fsp3) is 0.500. The number of benzene rings is 2. The van der Waals surface area contributed by atoms with Crippen molar-refractivity contribution >= 4 is 17.4 Å². The first-order valence-corrected chi connectivity index (χ1v) is 13.8. The summed E-state index contributed by atoms with van der Waals surface area (Å²) in [5.74, 6) is 2.54. The Balaban J connectivity index is 1.23. The van der Waals surface area contributed by atoms with Crippen LogP contribution in [0.3, 0.4) is 0 Å². The molecule has 7 heteroatoms. The molecular weight excluding hydrogens is 460 g/mol. The second kappa shape index (κ2) is 11.1. The van der Waals surface area contributed by atoms with Gasteiger partial charge in [0.25, 0.3) is 0 Å². The van der Waals surface area contributed by atoms with Crippen molar-refractivity contribution in [2.75, 3.05) is 23.3 Å². The van der Waals surface area contributed by atoms with Gasteiger partial charge in [-0.15, -0.1) is 10.2 Å². The van der Waals surface area contributed by atoms with E-state index in [1.165, 1.54) is 12.8 Å². The number of aromatic nitrogens is 3. The van der Waals surface area contributed by atoms with Gasteiger partial charge in [0.1, 0.15) is 11.6 Å². The predicted molar refractivity (Wildman–Crippen MR) is 149 cm³/mol. The molecule has 37 heavy (non-hydrogen) atoms. The summed E-state index contributed by atoms with van der Waals surface area (Å²) in [4.78, 5) is 17.9. The summed E-state index contributed by atoms with van der Waals surface area (Å²) in [6.07, 6.45) is 5.78. The van der Waals surface area contributed by atoms with Gasteiger partial charge in [-0.05, 0) is 75.8 Å². The van der Waals surface area contributed by atoms with Crippen molar-refractivity contribution in [3.8, 4) is 0 Å². The predicted octanol–water partition coefficient (Wildman–Crippen LogP) is 6.32. The van der Waals surface area contributed by atoms with Gasteiger partial charge in [0.15, 0.2) is 0 Å². The van der Waals surface area contributed by atoms with E-state index >= 15 is 0 Å². The summed E-state index contributed by atoms with van der Waals surface area (Å²) in [5.41, 5.74) is 2.89. The van der Waals surface area contributed by atoms with Crippen LogP contribution >= 0.6 is 0 Å². The molecule has 3 heterocycles. The number of para-hydroxylation sites is 1. The molecule has 2 aliphatic rings. The summed E-state index contributed by atoms with van der Waals surface area (Å²) in [6, 6.07) is 19.6. The van der Waals surface area contributed by atoms with Crippen LogP contribution in [0, 0.1) is 13.8 Å². The zero-order valence-corrected chi connectivity index (χ0v) is 22.6. The topological polar surface area (TPSA) is 66.3 Å². The van der Waals surface area contributed by atoms with Crippen LogP contribution in [0.15, 0.2) is 54.6 Å². The van der Waals surface area contributed by atoms with Crippen molar-refractivity contribution in [1.82, 2.24) is 19.7 Å². The van der Waals surface area contributed by atoms with E-state index in [2.05, 4.69) is 45.8 Å². The van der Waals surface area contributed by atoms with E-state index in [1.807, 2.05) is 66.4 Å². The lowest BCUT2D eigenvalue weighted by Gasteiger charge is -2.40. The summed E-state index contributed by atoms with van der Waals surface area (Å²) >= 11 is 0. The van der Waals surface area contributed by atoms with E-state index in [4.69, 9.17) is 0 Å². The molecule has 196 valence electrons. The van der Waals surface area contributed by atoms with Crippen LogP contribution in [0.25, 0.3) is 0 Å². The molecule has 0 spiro atoms. The molecule has 5 rings (SSSR count). The largest absolute Gasteiger partial charge is 0.326 e. The minimum Gasteiger partial charge on any atom is -0.312 e. The number of piperidine rings is 1. The van der Waals surface area contributed by atoms with Gasteiger partial charge in [0, 0.05) is 48.5 Å². The van der Waals surface area contributed by atoms with Crippen molar-refractivity contribution in [1.29, 1.82) is 0 Å². The zero-order valence-electron chi connectivity index (χ0n) is 22.6. The second-order valence-corrected chi connectivity index (χ2v) is 11.0. The Hall–Kier alpha value is -3.19. The first-order chi connectivity index (χ1) is 17.9. The molecule has 1 aromatic heterocycles. The molecule has 2 saturated heterocycles. The highest BCUT2D eigenvalue weighted by molar-refractivity contribution is 6.01. The summed E-state index contributed by atoms with van der Waals surface area (Å²) in [7, 11) is 0. The Labute approximate surface area is 220 Å². The van der Waals surface area contributed by atoms with Crippen LogP contribution in [-0.4, -0.2) is 50.9 Å². The molecule has 3 aromatic rings. The van der Waals surface area contributed by atoms with E-state index in [0.717, 1.165) is 54.4 Å². The molecule has 2 amide bonds. The summed E-state index contributed by atoms with van der Waals surface area (Å²) in [5, 5.41) is 12.0. The molecule has 0 saturated carbocycles. The highest BCUT2D eigenvalue weighted by Gasteiger charge is 2.42. The quantitative estimate of drug-likeness (QED) is 0.393. The Morgan fingerprint density at radius 3 is 2.41 bits per heavy atom. The smallest absolute Gasteiger partial charge is 0.312 e. The van der Waals surface area contributed by atoms with Crippen molar-refractivity contribution < 1.29 is 4.79 Å². The van der Waals surface area contributed by atoms with Gasteiger partial charge in [0.05, 0.1) is 0 Å². The van der Waals surface area contributed by atoms with Gasteiger partial charge in [-0.3, -0.25) is 9.80 Å². The number of amides is 2. The highest BCUT2D eigenvalue weighted by atomic mass is 16.2. The maximum absolute atomic E-state index is 13.3. The van der Waals surface area contributed by atoms with Crippen molar-refractivity contribution in [3.05, 3.63) is 71.8 Å². The van der Waals surface area contributed by atoms with Crippen LogP contribution in [0.5, 0.6) is 0 Å². The number of aryl methyl sites for hydroxylation is 2. The molecule has 0 radical (unpaired) electrons. The third kappa shape index (κ3) is 5.57. The maximum Gasteiger partial charge on any atom is 0.326 e. The maximum atomic E-state index is 13.3. The Kier molecular flexibility index (Phi) is 7.60. The molecule has 1 unspecified atom stereocenters. The summed E-state index contributed by atoms with van der Waals surface area (Å²) in [6.45, 7) is 10.2. The Bertz CT molecular complexity index is 1190. The number of anilines is 2. The van der Waals surface area contributed by atoms with Crippen LogP contribution < -0.4 is 10.2 Å². The average molecular weight is 501 g/mol.